The second kappa shape index (κ2) is 44.6. The largest absolute Gasteiger partial charge is 0.462 e. The van der Waals surface area contributed by atoms with Crippen LogP contribution < -0.4 is 0 Å². The number of carbonyl (C=O) groups is 10. The average Bonchev–Trinajstić information content (AvgIpc) is 0.750. The normalized spacial score (nSPS) is 25.3. The van der Waals surface area contributed by atoms with Gasteiger partial charge in [0.2, 0.25) is 0 Å². The molecule has 122 heavy (non-hydrogen) atoms. The van der Waals surface area contributed by atoms with Crippen molar-refractivity contribution in [1.29, 1.82) is 0 Å². The van der Waals surface area contributed by atoms with Gasteiger partial charge < -0.3 is 47.4 Å². The van der Waals surface area contributed by atoms with Gasteiger partial charge in [-0.1, -0.05) is 71.1 Å². The molecule has 10 saturated carbocycles. The van der Waals surface area contributed by atoms with Crippen LogP contribution in [0.15, 0.2) is 0 Å². The predicted molar refractivity (Wildman–Crippen MR) is 468 cm³/mol. The molecular weight excluding hydrogens is 1550 g/mol. The predicted octanol–water partition coefficient (Wildman–Crippen LogP) is 23.7. The lowest BCUT2D eigenvalue weighted by atomic mass is 9.56. The van der Waals surface area contributed by atoms with Gasteiger partial charge in [0.15, 0.2) is 0 Å². The van der Waals surface area contributed by atoms with Crippen LogP contribution in [0.1, 0.15) is 468 Å². The molecule has 0 spiro atoms. The summed E-state index contributed by atoms with van der Waals surface area (Å²) in [6.45, 7) is 21.5. The van der Waals surface area contributed by atoms with Crippen molar-refractivity contribution >= 4 is 59.7 Å². The molecule has 10 rings (SSSR count). The van der Waals surface area contributed by atoms with E-state index in [1.54, 1.807) is 69.2 Å². The Kier molecular flexibility index (Phi) is 36.2. The smallest absolute Gasteiger partial charge is 0.312 e. The van der Waals surface area contributed by atoms with E-state index < -0.39 is 169 Å². The molecule has 20 heteroatoms. The van der Waals surface area contributed by atoms with E-state index in [9.17, 15) is 4.79 Å². The molecule has 0 saturated heterocycles. The molecule has 0 aromatic heterocycles. The molecule has 9 atom stereocenters. The van der Waals surface area contributed by atoms with E-state index in [1.807, 2.05) is 13.8 Å². The summed E-state index contributed by atoms with van der Waals surface area (Å²) in [5.74, 6) is -6.00. The lowest BCUT2D eigenvalue weighted by Gasteiger charge is -2.48. The molecule has 20 nitrogen and oxygen atoms in total. The SMILES string of the molecule is CCC(C)(CC(C)(CC(C)(CC(C)(CC(C)(CC(C)(CC(C)(CC(C)(CC(C)(CC(C)(C)C(=O)OC1CCCCC1)C(=O)OC1CCCCC1)C(=O)OC1CCCCC1)C(=O)OC1CCCCC1)C(=O)OC1CCCCC1)C(=O)OC1CCCCC1)C(=O)OC1CCCCC1)C(=O)OC1CCCCC1)C(=O)OC1CCCCC1)C(=O)OC1CCCCC1. The van der Waals surface area contributed by atoms with Gasteiger partial charge in [-0.05, 0) is 397 Å². The van der Waals surface area contributed by atoms with Crippen molar-refractivity contribution in [3.05, 3.63) is 0 Å². The summed E-state index contributed by atoms with van der Waals surface area (Å²) in [5, 5.41) is 0. The van der Waals surface area contributed by atoms with Crippen LogP contribution in [0.4, 0.5) is 0 Å². The average molecular weight is 1710 g/mol. The maximum absolute atomic E-state index is 16.9. The first-order chi connectivity index (χ1) is 57.9. The number of esters is 10. The van der Waals surface area contributed by atoms with E-state index in [-0.39, 0.29) is 63.6 Å². The molecule has 0 radical (unpaired) electrons. The zero-order chi connectivity index (χ0) is 88.0. The first-order valence-corrected chi connectivity index (χ1v) is 50.0. The van der Waals surface area contributed by atoms with E-state index in [1.165, 1.54) is 0 Å². The highest BCUT2D eigenvalue weighted by molar-refractivity contribution is 5.88. The van der Waals surface area contributed by atoms with Crippen molar-refractivity contribution in [1.82, 2.24) is 0 Å². The minimum absolute atomic E-state index is 0.0634. The third-order valence-corrected chi connectivity index (χ3v) is 31.1. The number of ether oxygens (including phenoxy) is 10. The van der Waals surface area contributed by atoms with Gasteiger partial charge in [0.25, 0.3) is 0 Å². The Balaban J connectivity index is 1.14. The Morgan fingerprint density at radius 2 is 0.270 bits per heavy atom. The molecular formula is C102H166O20. The molecule has 9 unspecified atom stereocenters. The second-order valence-corrected chi connectivity index (χ2v) is 44.5. The Morgan fingerprint density at radius 3 is 0.402 bits per heavy atom. The highest BCUT2D eigenvalue weighted by atomic mass is 16.6. The number of hydrogen-bond acceptors (Lipinski definition) is 20. The van der Waals surface area contributed by atoms with Gasteiger partial charge in [-0.15, -0.1) is 0 Å². The summed E-state index contributed by atoms with van der Waals surface area (Å²) in [6.07, 6.45) is 32.9. The topological polar surface area (TPSA) is 263 Å². The summed E-state index contributed by atoms with van der Waals surface area (Å²) in [5.41, 5.74) is -16.9. The van der Waals surface area contributed by atoms with Crippen LogP contribution >= 0.6 is 0 Å². The van der Waals surface area contributed by atoms with Gasteiger partial charge in [0.1, 0.15) is 61.0 Å². The highest BCUT2D eigenvalue weighted by Crippen LogP contribution is 2.59. The molecule has 0 heterocycles. The lowest BCUT2D eigenvalue weighted by Crippen LogP contribution is -2.52. The highest BCUT2D eigenvalue weighted by Gasteiger charge is 2.63. The Labute approximate surface area is 734 Å². The number of carbonyl (C=O) groups excluding carboxylic acids is 10. The zero-order valence-electron chi connectivity index (χ0n) is 78.4. The summed E-state index contributed by atoms with van der Waals surface area (Å²) < 4.78 is 67.5. The molecule has 0 amide bonds. The minimum Gasteiger partial charge on any atom is -0.462 e. The Hall–Kier alpha value is -5.30. The maximum Gasteiger partial charge on any atom is 0.312 e. The molecule has 0 N–H and O–H groups in total. The van der Waals surface area contributed by atoms with Gasteiger partial charge in [0, 0.05) is 0 Å². The van der Waals surface area contributed by atoms with Crippen LogP contribution in [-0.4, -0.2) is 121 Å². The van der Waals surface area contributed by atoms with Gasteiger partial charge in [-0.3, -0.25) is 47.9 Å². The van der Waals surface area contributed by atoms with Crippen molar-refractivity contribution < 1.29 is 95.3 Å². The third kappa shape index (κ3) is 27.6. The molecule has 10 aliphatic rings. The van der Waals surface area contributed by atoms with Crippen LogP contribution in [-0.2, 0) is 95.3 Å². The van der Waals surface area contributed by atoms with Crippen molar-refractivity contribution in [3.8, 4) is 0 Å². The van der Waals surface area contributed by atoms with Crippen LogP contribution in [0.25, 0.3) is 0 Å². The number of hydrogen-bond donors (Lipinski definition) is 0. The molecule has 694 valence electrons. The number of rotatable bonds is 39. The van der Waals surface area contributed by atoms with Crippen LogP contribution in [0.2, 0.25) is 0 Å². The van der Waals surface area contributed by atoms with E-state index >= 15 is 43.2 Å². The van der Waals surface area contributed by atoms with E-state index in [0.717, 1.165) is 218 Å². The monoisotopic (exact) mass is 1710 g/mol. The molecule has 0 aromatic carbocycles. The van der Waals surface area contributed by atoms with Gasteiger partial charge in [-0.25, -0.2) is 0 Å². The first-order valence-electron chi connectivity index (χ1n) is 50.0. The van der Waals surface area contributed by atoms with Crippen molar-refractivity contribution in [2.45, 2.75) is 529 Å². The summed E-state index contributed by atoms with van der Waals surface area (Å²) in [7, 11) is 0. The van der Waals surface area contributed by atoms with E-state index in [2.05, 4.69) is 0 Å². The summed E-state index contributed by atoms with van der Waals surface area (Å²) in [4.78, 5) is 163. The van der Waals surface area contributed by atoms with Crippen LogP contribution in [0.5, 0.6) is 0 Å². The standard InChI is InChI=1S/C102H166O20/c1-13-94(4,84(104)114-74-46-26-15-27-47-74)65-96(6,86(106)116-76-50-30-17-31-51-76)67-98(8,88(108)118-78-54-34-19-35-55-78)69-100(10,90(110)120-80-58-38-21-39-59-80)71-102(12,92(112)122-82-62-42-23-43-63-82)72-101(11,91(111)121-81-60-40-22-41-61-81)70-99(9,89(109)119-79-56-36-20-37-57-79)68-97(7,87(107)117-77-52-32-18-33-53-77)66-95(5,85(105)115-75-48-28-16-29-49-75)64-93(2,3)83(103)113-73-44-24-14-25-45-73/h73-82H,13-72H2,1-12H3. The fraction of sp³-hybridized carbons (Fsp3) is 0.902. The van der Waals surface area contributed by atoms with Crippen molar-refractivity contribution in [3.63, 3.8) is 0 Å². The maximum atomic E-state index is 16.9. The lowest BCUT2D eigenvalue weighted by molar-refractivity contribution is -0.184. The minimum atomic E-state index is -1.91. The van der Waals surface area contributed by atoms with Crippen LogP contribution in [0.3, 0.4) is 0 Å². The Morgan fingerprint density at radius 1 is 0.164 bits per heavy atom. The zero-order valence-corrected chi connectivity index (χ0v) is 78.4. The summed E-state index contributed by atoms with van der Waals surface area (Å²) >= 11 is 0. The second-order valence-electron chi connectivity index (χ2n) is 44.5. The molecule has 0 bridgehead atoms. The fourth-order valence-electron chi connectivity index (χ4n) is 24.7. The van der Waals surface area contributed by atoms with E-state index in [0.29, 0.717) is 109 Å². The fourth-order valence-corrected chi connectivity index (χ4v) is 24.7. The van der Waals surface area contributed by atoms with Crippen molar-refractivity contribution in [2.24, 2.45) is 54.1 Å². The van der Waals surface area contributed by atoms with Gasteiger partial charge in [-0.2, -0.15) is 0 Å². The van der Waals surface area contributed by atoms with Crippen molar-refractivity contribution in [2.75, 3.05) is 0 Å². The molecule has 0 aromatic rings. The molecule has 10 fully saturated rings. The van der Waals surface area contributed by atoms with Gasteiger partial charge in [0.05, 0.1) is 54.1 Å². The third-order valence-electron chi connectivity index (χ3n) is 31.1. The molecule has 10 aliphatic carbocycles. The molecule has 0 aliphatic heterocycles. The first kappa shape index (κ1) is 98.9. The quantitative estimate of drug-likeness (QED) is 0.0409. The van der Waals surface area contributed by atoms with Crippen LogP contribution in [0, 0.1) is 54.1 Å². The summed E-state index contributed by atoms with van der Waals surface area (Å²) in [6, 6.07) is 0. The van der Waals surface area contributed by atoms with E-state index in [4.69, 9.17) is 47.4 Å². The Bertz CT molecular complexity index is 3400. The van der Waals surface area contributed by atoms with Gasteiger partial charge >= 0.3 is 59.7 Å².